The highest BCUT2D eigenvalue weighted by Gasteiger charge is 2.20. The summed E-state index contributed by atoms with van der Waals surface area (Å²) in [5, 5.41) is -0.511. The number of fused-ring (bicyclic) bond motifs is 1. The van der Waals surface area contributed by atoms with Crippen molar-refractivity contribution in [2.45, 2.75) is 26.1 Å². The van der Waals surface area contributed by atoms with E-state index in [4.69, 9.17) is 11.6 Å². The van der Waals surface area contributed by atoms with Gasteiger partial charge in [-0.15, -0.1) is 22.9 Å². The Balaban J connectivity index is 2.16. The van der Waals surface area contributed by atoms with Crippen molar-refractivity contribution in [2.24, 2.45) is 0 Å². The van der Waals surface area contributed by atoms with Crippen molar-refractivity contribution in [3.63, 3.8) is 0 Å². The number of carbonyl (C=O) groups is 1. The Bertz CT molecular complexity index is 832. The Morgan fingerprint density at radius 3 is 2.81 bits per heavy atom. The van der Waals surface area contributed by atoms with Gasteiger partial charge in [0, 0.05) is 22.6 Å². The van der Waals surface area contributed by atoms with E-state index in [1.165, 1.54) is 0 Å². The first-order valence-electron chi connectivity index (χ1n) is 6.70. The molecule has 2 aromatic heterocycles. The summed E-state index contributed by atoms with van der Waals surface area (Å²) < 4.78 is 3.23. The predicted octanol–water partition coefficient (Wildman–Crippen LogP) is 4.51. The van der Waals surface area contributed by atoms with Gasteiger partial charge in [0.25, 0.3) is 0 Å². The molecule has 0 aliphatic rings. The average Bonchev–Trinajstić information content (AvgIpc) is 3.01. The van der Waals surface area contributed by atoms with Crippen LogP contribution in [-0.4, -0.2) is 20.7 Å². The largest absolute Gasteiger partial charge is 0.318 e. The molecule has 21 heavy (non-hydrogen) atoms. The number of aryl methyl sites for hydroxylation is 1. The standard InChI is InChI=1S/C16H15ClN2OS/c1-9-6-13(16(20)10(2)17)11(3)19(9)12-4-5-14-15(7-12)21-8-18-14/h4-8,10H,1-3H3. The maximum Gasteiger partial charge on any atom is 0.182 e. The number of rotatable bonds is 3. The third-order valence-corrected chi connectivity index (χ3v) is 4.62. The Morgan fingerprint density at radius 2 is 2.10 bits per heavy atom. The summed E-state index contributed by atoms with van der Waals surface area (Å²) in [6.07, 6.45) is 0. The normalized spacial score (nSPS) is 12.8. The molecule has 0 amide bonds. The molecule has 0 spiro atoms. The van der Waals surface area contributed by atoms with Crippen LogP contribution in [0.1, 0.15) is 28.7 Å². The number of nitrogens with zero attached hydrogens (tertiary/aromatic N) is 2. The first-order chi connectivity index (χ1) is 9.99. The van der Waals surface area contributed by atoms with Gasteiger partial charge in [-0.05, 0) is 45.0 Å². The molecule has 108 valence electrons. The van der Waals surface area contributed by atoms with Gasteiger partial charge >= 0.3 is 0 Å². The van der Waals surface area contributed by atoms with E-state index in [-0.39, 0.29) is 5.78 Å². The molecule has 0 aliphatic carbocycles. The van der Waals surface area contributed by atoms with Crippen LogP contribution in [-0.2, 0) is 0 Å². The van der Waals surface area contributed by atoms with E-state index in [0.29, 0.717) is 5.56 Å². The molecule has 2 heterocycles. The number of ketones is 1. The minimum atomic E-state index is -0.511. The van der Waals surface area contributed by atoms with Crippen LogP contribution >= 0.6 is 22.9 Å². The number of aromatic nitrogens is 2. The predicted molar refractivity (Wildman–Crippen MR) is 88.1 cm³/mol. The molecule has 0 aliphatic heterocycles. The van der Waals surface area contributed by atoms with E-state index in [1.807, 2.05) is 37.6 Å². The minimum absolute atomic E-state index is 0.0325. The van der Waals surface area contributed by atoms with E-state index < -0.39 is 5.38 Å². The molecule has 3 rings (SSSR count). The SMILES string of the molecule is Cc1cc(C(=O)C(C)Cl)c(C)n1-c1ccc2ncsc2c1. The van der Waals surface area contributed by atoms with Gasteiger partial charge in [0.2, 0.25) is 0 Å². The Morgan fingerprint density at radius 1 is 1.33 bits per heavy atom. The average molecular weight is 319 g/mol. The molecule has 0 radical (unpaired) electrons. The van der Waals surface area contributed by atoms with E-state index in [0.717, 1.165) is 27.3 Å². The summed E-state index contributed by atoms with van der Waals surface area (Å²) in [7, 11) is 0. The monoisotopic (exact) mass is 318 g/mol. The molecule has 0 N–H and O–H groups in total. The van der Waals surface area contributed by atoms with E-state index >= 15 is 0 Å². The molecule has 0 bridgehead atoms. The highest BCUT2D eigenvalue weighted by atomic mass is 35.5. The highest BCUT2D eigenvalue weighted by molar-refractivity contribution is 7.16. The van der Waals surface area contributed by atoms with Crippen molar-refractivity contribution in [3.05, 3.63) is 46.7 Å². The quantitative estimate of drug-likeness (QED) is 0.526. The number of carbonyl (C=O) groups excluding carboxylic acids is 1. The van der Waals surface area contributed by atoms with Crippen LogP contribution in [0.2, 0.25) is 0 Å². The third-order valence-electron chi connectivity index (χ3n) is 3.63. The minimum Gasteiger partial charge on any atom is -0.318 e. The van der Waals surface area contributed by atoms with E-state index in [9.17, 15) is 4.79 Å². The van der Waals surface area contributed by atoms with Crippen LogP contribution in [0, 0.1) is 13.8 Å². The zero-order chi connectivity index (χ0) is 15.1. The molecule has 0 fully saturated rings. The molecule has 5 heteroatoms. The van der Waals surface area contributed by atoms with Gasteiger partial charge < -0.3 is 4.57 Å². The van der Waals surface area contributed by atoms with Gasteiger partial charge in [0.05, 0.1) is 21.1 Å². The summed E-state index contributed by atoms with van der Waals surface area (Å²) in [6, 6.07) is 8.05. The van der Waals surface area contributed by atoms with Gasteiger partial charge in [-0.2, -0.15) is 0 Å². The van der Waals surface area contributed by atoms with Crippen LogP contribution in [0.25, 0.3) is 15.9 Å². The van der Waals surface area contributed by atoms with Gasteiger partial charge in [-0.25, -0.2) is 4.98 Å². The van der Waals surface area contributed by atoms with Crippen molar-refractivity contribution < 1.29 is 4.79 Å². The lowest BCUT2D eigenvalue weighted by atomic mass is 10.1. The third kappa shape index (κ3) is 2.39. The fourth-order valence-electron chi connectivity index (χ4n) is 2.61. The second-order valence-corrected chi connectivity index (χ2v) is 6.65. The number of benzene rings is 1. The number of Topliss-reactive ketones (excluding diaryl/α,β-unsaturated/α-hetero) is 1. The van der Waals surface area contributed by atoms with Crippen molar-refractivity contribution in [1.82, 2.24) is 9.55 Å². The molecule has 1 aromatic carbocycles. The summed E-state index contributed by atoms with van der Waals surface area (Å²) >= 11 is 7.55. The Kier molecular flexibility index (Phi) is 3.59. The van der Waals surface area contributed by atoms with Crippen molar-refractivity contribution in [2.75, 3.05) is 0 Å². The summed E-state index contributed by atoms with van der Waals surface area (Å²) in [5.41, 5.74) is 6.53. The van der Waals surface area contributed by atoms with Gasteiger partial charge in [0.15, 0.2) is 5.78 Å². The molecule has 0 saturated heterocycles. The highest BCUT2D eigenvalue weighted by Crippen LogP contribution is 2.26. The number of hydrogen-bond acceptors (Lipinski definition) is 3. The van der Waals surface area contributed by atoms with Crippen LogP contribution in [0.15, 0.2) is 29.8 Å². The summed E-state index contributed by atoms with van der Waals surface area (Å²) in [6.45, 7) is 5.66. The summed E-state index contributed by atoms with van der Waals surface area (Å²) in [4.78, 5) is 16.5. The smallest absolute Gasteiger partial charge is 0.182 e. The van der Waals surface area contributed by atoms with Crippen molar-refractivity contribution >= 4 is 38.9 Å². The molecule has 0 saturated carbocycles. The number of hydrogen-bond donors (Lipinski definition) is 0. The van der Waals surface area contributed by atoms with Crippen molar-refractivity contribution in [3.8, 4) is 5.69 Å². The lowest BCUT2D eigenvalue weighted by molar-refractivity contribution is 0.0991. The van der Waals surface area contributed by atoms with E-state index in [1.54, 1.807) is 18.3 Å². The maximum atomic E-state index is 12.2. The van der Waals surface area contributed by atoms with Crippen LogP contribution in [0.4, 0.5) is 0 Å². The maximum absolute atomic E-state index is 12.2. The second kappa shape index (κ2) is 5.28. The van der Waals surface area contributed by atoms with Crippen LogP contribution in [0.3, 0.4) is 0 Å². The van der Waals surface area contributed by atoms with Crippen LogP contribution < -0.4 is 0 Å². The zero-order valence-electron chi connectivity index (χ0n) is 12.1. The van der Waals surface area contributed by atoms with Gasteiger partial charge in [-0.1, -0.05) is 0 Å². The molecular weight excluding hydrogens is 304 g/mol. The Hall–Kier alpha value is -1.65. The molecule has 3 aromatic rings. The van der Waals surface area contributed by atoms with Gasteiger partial charge in [0.1, 0.15) is 0 Å². The fourth-order valence-corrected chi connectivity index (χ4v) is 3.43. The van der Waals surface area contributed by atoms with Gasteiger partial charge in [-0.3, -0.25) is 4.79 Å². The lowest BCUT2D eigenvalue weighted by Gasteiger charge is -2.10. The molecule has 1 unspecified atom stereocenters. The first-order valence-corrected chi connectivity index (χ1v) is 8.01. The molecule has 3 nitrogen and oxygen atoms in total. The number of halogens is 1. The lowest BCUT2D eigenvalue weighted by Crippen LogP contribution is -2.11. The topological polar surface area (TPSA) is 34.9 Å². The summed E-state index contributed by atoms with van der Waals surface area (Å²) in [5.74, 6) is -0.0325. The Labute approximate surface area is 132 Å². The molecular formula is C16H15ClN2OS. The van der Waals surface area contributed by atoms with Crippen LogP contribution in [0.5, 0.6) is 0 Å². The second-order valence-electron chi connectivity index (χ2n) is 5.10. The van der Waals surface area contributed by atoms with E-state index in [2.05, 4.69) is 15.6 Å². The van der Waals surface area contributed by atoms with Crippen molar-refractivity contribution in [1.29, 1.82) is 0 Å². The fraction of sp³-hybridized carbons (Fsp3) is 0.250. The zero-order valence-corrected chi connectivity index (χ0v) is 13.6. The number of thiazole rings is 1. The number of alkyl halides is 1. The first kappa shape index (κ1) is 14.3. The molecule has 1 atom stereocenters.